The highest BCUT2D eigenvalue weighted by atomic mass is 79.9. The van der Waals surface area contributed by atoms with Crippen molar-refractivity contribution in [2.45, 2.75) is 33.6 Å². The lowest BCUT2D eigenvalue weighted by atomic mass is 9.75. The van der Waals surface area contributed by atoms with Gasteiger partial charge in [-0.2, -0.15) is 0 Å². The molecule has 1 aliphatic rings. The number of hydrogen-bond acceptors (Lipinski definition) is 10. The lowest BCUT2D eigenvalue weighted by Crippen LogP contribution is -2.36. The number of aliphatic imine (C=N–C) groups is 1. The monoisotopic (exact) mass is 641 g/mol. The van der Waals surface area contributed by atoms with E-state index in [0.29, 0.717) is 45.0 Å². The van der Waals surface area contributed by atoms with Gasteiger partial charge in [-0.05, 0) is 61.3 Å². The van der Waals surface area contributed by atoms with Gasteiger partial charge in [0.15, 0.2) is 5.13 Å². The van der Waals surface area contributed by atoms with E-state index in [1.807, 2.05) is 35.7 Å². The van der Waals surface area contributed by atoms with Crippen LogP contribution in [0, 0.1) is 5.92 Å². The zero-order valence-electron chi connectivity index (χ0n) is 23.7. The molecule has 0 spiro atoms. The fourth-order valence-corrected chi connectivity index (χ4v) is 6.12. The van der Waals surface area contributed by atoms with Gasteiger partial charge in [0.05, 0.1) is 43.2 Å². The number of allylic oxidation sites excluding steroid dienone is 1. The summed E-state index contributed by atoms with van der Waals surface area (Å²) in [6.07, 6.45) is 0. The molecule has 2 unspecified atom stereocenters. The highest BCUT2D eigenvalue weighted by Crippen LogP contribution is 2.44. The second kappa shape index (κ2) is 13.3. The number of thiazole rings is 1. The van der Waals surface area contributed by atoms with Crippen LogP contribution in [0.2, 0.25) is 0 Å². The smallest absolute Gasteiger partial charge is 0.336 e. The Morgan fingerprint density at radius 1 is 1.02 bits per heavy atom. The molecule has 4 rings (SSSR count). The lowest BCUT2D eigenvalue weighted by Gasteiger charge is -2.32. The fraction of sp³-hybridized carbons (Fsp3) is 0.333. The van der Waals surface area contributed by atoms with Gasteiger partial charge in [-0.1, -0.05) is 18.2 Å². The number of carbonyl (C=O) groups excluding carboxylic acids is 2. The van der Waals surface area contributed by atoms with Gasteiger partial charge in [0.1, 0.15) is 17.4 Å². The highest BCUT2D eigenvalue weighted by Gasteiger charge is 2.43. The number of nitrogens with zero attached hydrogens (tertiary/aromatic N) is 2. The third kappa shape index (κ3) is 6.31. The van der Waals surface area contributed by atoms with E-state index in [2.05, 4.69) is 26.2 Å². The summed E-state index contributed by atoms with van der Waals surface area (Å²) >= 11 is 4.96. The summed E-state index contributed by atoms with van der Waals surface area (Å²) in [5.74, 6) is -1.16. The molecule has 2 atom stereocenters. The van der Waals surface area contributed by atoms with E-state index in [9.17, 15) is 9.59 Å². The number of hydrogen-bond donors (Lipinski definition) is 1. The number of nitrogens with one attached hydrogen (secondary N) is 1. The molecule has 1 aliphatic heterocycles. The van der Waals surface area contributed by atoms with E-state index in [1.165, 1.54) is 11.3 Å². The number of esters is 2. The fourth-order valence-electron chi connectivity index (χ4n) is 4.90. The first-order chi connectivity index (χ1) is 19.7. The number of ether oxygens (including phenoxy) is 4. The third-order valence-electron chi connectivity index (χ3n) is 6.66. The molecule has 0 amide bonds. The molecule has 216 valence electrons. The van der Waals surface area contributed by atoms with Crippen LogP contribution in [0.4, 0.5) is 10.8 Å². The van der Waals surface area contributed by atoms with Crippen LogP contribution in [0.3, 0.4) is 0 Å². The van der Waals surface area contributed by atoms with Crippen molar-refractivity contribution in [3.8, 4) is 22.8 Å². The SMILES string of the molecule is CCOC(=O)C1=C(C)N=C(C)C(C(=O)OCC)C1c1ccccc1Nc1nc(-c2cc(Br)c(OC)cc2OC)cs1. The molecule has 0 fully saturated rings. The standard InChI is InChI=1S/C30H32BrN3O6S/c1-7-39-28(35)25-16(3)32-17(4)26(29(36)40-8-2)27(25)18-11-9-10-12-21(18)33-30-34-22(15-41-30)19-13-20(31)24(38-6)14-23(19)37-5/h9-15,25,27H,7-8H2,1-6H3,(H,33,34). The van der Waals surface area contributed by atoms with Gasteiger partial charge < -0.3 is 24.3 Å². The normalized spacial score (nSPS) is 16.6. The highest BCUT2D eigenvalue weighted by molar-refractivity contribution is 9.10. The van der Waals surface area contributed by atoms with Crippen LogP contribution < -0.4 is 14.8 Å². The van der Waals surface area contributed by atoms with Crippen LogP contribution in [0.5, 0.6) is 11.5 Å². The van der Waals surface area contributed by atoms with Crippen LogP contribution in [0.1, 0.15) is 39.2 Å². The van der Waals surface area contributed by atoms with E-state index in [-0.39, 0.29) is 13.2 Å². The molecule has 0 aliphatic carbocycles. The van der Waals surface area contributed by atoms with E-state index in [0.717, 1.165) is 15.6 Å². The van der Waals surface area contributed by atoms with Crippen molar-refractivity contribution < 1.29 is 28.5 Å². The summed E-state index contributed by atoms with van der Waals surface area (Å²) in [6.45, 7) is 7.44. The molecular weight excluding hydrogens is 610 g/mol. The van der Waals surface area contributed by atoms with Crippen molar-refractivity contribution in [3.63, 3.8) is 0 Å². The number of methoxy groups -OCH3 is 2. The van der Waals surface area contributed by atoms with Gasteiger partial charge in [0.25, 0.3) is 0 Å². The number of benzene rings is 2. The van der Waals surface area contributed by atoms with E-state index in [1.54, 1.807) is 48.0 Å². The number of anilines is 2. The Bertz CT molecular complexity index is 1520. The minimum absolute atomic E-state index is 0.196. The molecule has 0 radical (unpaired) electrons. The zero-order chi connectivity index (χ0) is 29.7. The molecule has 0 saturated carbocycles. The zero-order valence-corrected chi connectivity index (χ0v) is 26.1. The molecule has 41 heavy (non-hydrogen) atoms. The average molecular weight is 643 g/mol. The molecule has 2 heterocycles. The van der Waals surface area contributed by atoms with Crippen molar-refractivity contribution >= 4 is 55.7 Å². The molecule has 9 nitrogen and oxygen atoms in total. The lowest BCUT2D eigenvalue weighted by molar-refractivity contribution is -0.146. The van der Waals surface area contributed by atoms with Gasteiger partial charge in [0, 0.05) is 40.0 Å². The number of rotatable bonds is 10. The summed E-state index contributed by atoms with van der Waals surface area (Å²) in [4.78, 5) is 35.9. The minimum atomic E-state index is -0.797. The molecule has 1 N–H and O–H groups in total. The van der Waals surface area contributed by atoms with Crippen LogP contribution in [0.15, 0.2) is 62.5 Å². The topological polar surface area (TPSA) is 108 Å². The predicted octanol–water partition coefficient (Wildman–Crippen LogP) is 6.91. The summed E-state index contributed by atoms with van der Waals surface area (Å²) in [5.41, 5.74) is 4.34. The van der Waals surface area contributed by atoms with Gasteiger partial charge in [0.2, 0.25) is 0 Å². The maximum Gasteiger partial charge on any atom is 0.336 e. The van der Waals surface area contributed by atoms with Crippen LogP contribution in [0.25, 0.3) is 11.3 Å². The Balaban J connectivity index is 1.77. The predicted molar refractivity (Wildman–Crippen MR) is 163 cm³/mol. The second-order valence-electron chi connectivity index (χ2n) is 9.12. The Hall–Kier alpha value is -3.70. The van der Waals surface area contributed by atoms with Crippen molar-refractivity contribution in [3.05, 3.63) is 63.1 Å². The molecule has 3 aromatic rings. The van der Waals surface area contributed by atoms with Gasteiger partial charge >= 0.3 is 11.9 Å². The molecule has 1 aromatic heterocycles. The Kier molecular flexibility index (Phi) is 9.82. The number of aromatic nitrogens is 1. The number of para-hydroxylation sites is 1. The summed E-state index contributed by atoms with van der Waals surface area (Å²) in [5, 5.41) is 5.96. The van der Waals surface area contributed by atoms with E-state index in [4.69, 9.17) is 23.9 Å². The van der Waals surface area contributed by atoms with E-state index < -0.39 is 23.8 Å². The third-order valence-corrected chi connectivity index (χ3v) is 8.03. The molecule has 0 saturated heterocycles. The minimum Gasteiger partial charge on any atom is -0.496 e. The Morgan fingerprint density at radius 2 is 1.73 bits per heavy atom. The summed E-state index contributed by atoms with van der Waals surface area (Å²) < 4.78 is 22.6. The van der Waals surface area contributed by atoms with E-state index >= 15 is 0 Å². The maximum atomic E-state index is 13.3. The van der Waals surface area contributed by atoms with Crippen molar-refractivity contribution in [1.82, 2.24) is 4.98 Å². The number of halogens is 1. The Morgan fingerprint density at radius 3 is 2.41 bits per heavy atom. The number of carbonyl (C=O) groups is 2. The first-order valence-electron chi connectivity index (χ1n) is 13.1. The van der Waals surface area contributed by atoms with Crippen LogP contribution in [-0.4, -0.2) is 50.1 Å². The molecular formula is C30H32BrN3O6S. The van der Waals surface area contributed by atoms with Gasteiger partial charge in [-0.3, -0.25) is 9.79 Å². The molecule has 2 aromatic carbocycles. The van der Waals surface area contributed by atoms with Crippen molar-refractivity contribution in [1.29, 1.82) is 0 Å². The first-order valence-corrected chi connectivity index (χ1v) is 14.7. The first kappa shape index (κ1) is 30.3. The second-order valence-corrected chi connectivity index (χ2v) is 10.8. The summed E-state index contributed by atoms with van der Waals surface area (Å²) in [6, 6.07) is 11.2. The van der Waals surface area contributed by atoms with Gasteiger partial charge in [-0.15, -0.1) is 11.3 Å². The van der Waals surface area contributed by atoms with Crippen LogP contribution in [-0.2, 0) is 19.1 Å². The van der Waals surface area contributed by atoms with Crippen molar-refractivity contribution in [2.24, 2.45) is 10.9 Å². The van der Waals surface area contributed by atoms with Gasteiger partial charge in [-0.25, -0.2) is 9.78 Å². The average Bonchev–Trinajstić information content (AvgIpc) is 3.41. The quantitative estimate of drug-likeness (QED) is 0.238. The maximum absolute atomic E-state index is 13.3. The summed E-state index contributed by atoms with van der Waals surface area (Å²) in [7, 11) is 3.19. The molecule has 0 bridgehead atoms. The van der Waals surface area contributed by atoms with Crippen molar-refractivity contribution in [2.75, 3.05) is 32.8 Å². The van der Waals surface area contributed by atoms with Crippen LogP contribution >= 0.6 is 27.3 Å². The molecule has 11 heteroatoms. The largest absolute Gasteiger partial charge is 0.496 e. The Labute approximate surface area is 251 Å².